The van der Waals surface area contributed by atoms with Crippen molar-refractivity contribution >= 4 is 13.7 Å². The van der Waals surface area contributed by atoms with Crippen molar-refractivity contribution in [3.63, 3.8) is 0 Å². The number of aliphatic hydroxyl groups excluding tert-OH is 1. The quantitative estimate of drug-likeness (QED) is 0.0358. The number of carbonyl (C=O) groups excluding carboxylic acids is 1. The molecule has 60 heavy (non-hydrogen) atoms. The van der Waals surface area contributed by atoms with Crippen molar-refractivity contribution in [2.45, 2.75) is 283 Å². The Morgan fingerprint density at radius 2 is 0.817 bits per heavy atom. The molecule has 3 atom stereocenters. The molecular formula is C51H105N2O6P. The fourth-order valence-electron chi connectivity index (χ4n) is 8.16. The molecule has 1 amide bonds. The molecule has 0 aliphatic carbocycles. The van der Waals surface area contributed by atoms with E-state index in [0.29, 0.717) is 23.9 Å². The standard InChI is InChI=1S/C51H105N2O6P/c1-6-8-10-12-14-16-18-20-22-23-24-25-26-27-28-29-31-32-34-36-38-40-42-44-50(54)49(48-59-60(56,57)58-47-46-53(3,4)5)52-51(55)45-43-41-39-37-35-33-30-21-19-17-15-13-11-9-7-2/h49-50,54H,6-48H2,1-5H3,(H-,52,55,56,57). The number of nitrogens with zero attached hydrogens (tertiary/aromatic N) is 1. The van der Waals surface area contributed by atoms with E-state index in [0.717, 1.165) is 38.5 Å². The Kier molecular flexibility index (Phi) is 43.4. The maximum atomic E-state index is 12.9. The molecule has 360 valence electrons. The summed E-state index contributed by atoms with van der Waals surface area (Å²) in [5, 5.41) is 14.0. The molecule has 9 heteroatoms. The molecule has 0 radical (unpaired) electrons. The van der Waals surface area contributed by atoms with Crippen LogP contribution in [0, 0.1) is 0 Å². The molecule has 0 bridgehead atoms. The summed E-state index contributed by atoms with van der Waals surface area (Å²) in [5.74, 6) is -0.159. The number of rotatable bonds is 49. The second-order valence-corrected chi connectivity index (χ2v) is 21.0. The molecule has 0 aromatic carbocycles. The number of phosphoric acid groups is 1. The van der Waals surface area contributed by atoms with Gasteiger partial charge in [-0.3, -0.25) is 9.36 Å². The number of likely N-dealkylation sites (N-methyl/N-ethyl adjacent to an activating group) is 1. The van der Waals surface area contributed by atoms with Gasteiger partial charge in [-0.05, 0) is 12.8 Å². The lowest BCUT2D eigenvalue weighted by atomic mass is 10.0. The number of phosphoric ester groups is 1. The zero-order valence-corrected chi connectivity index (χ0v) is 41.8. The second kappa shape index (κ2) is 43.7. The summed E-state index contributed by atoms with van der Waals surface area (Å²) in [6, 6.07) is -0.794. The van der Waals surface area contributed by atoms with Crippen molar-refractivity contribution in [3.05, 3.63) is 0 Å². The summed E-state index contributed by atoms with van der Waals surface area (Å²) in [6.07, 6.45) is 49.7. The van der Waals surface area contributed by atoms with Crippen LogP contribution in [0.3, 0.4) is 0 Å². The number of amides is 1. The highest BCUT2D eigenvalue weighted by atomic mass is 31.2. The first-order valence-corrected chi connectivity index (χ1v) is 27.8. The van der Waals surface area contributed by atoms with E-state index in [1.807, 2.05) is 21.1 Å². The molecule has 0 aliphatic rings. The van der Waals surface area contributed by atoms with Crippen molar-refractivity contribution in [2.24, 2.45) is 0 Å². The Labute approximate surface area is 374 Å². The van der Waals surface area contributed by atoms with Crippen LogP contribution in [0.25, 0.3) is 0 Å². The van der Waals surface area contributed by atoms with Crippen LogP contribution >= 0.6 is 7.82 Å². The van der Waals surface area contributed by atoms with Gasteiger partial charge >= 0.3 is 0 Å². The van der Waals surface area contributed by atoms with Crippen LogP contribution in [0.5, 0.6) is 0 Å². The highest BCUT2D eigenvalue weighted by molar-refractivity contribution is 7.45. The van der Waals surface area contributed by atoms with E-state index in [9.17, 15) is 19.4 Å². The Balaban J connectivity index is 4.17. The Morgan fingerprint density at radius 1 is 0.517 bits per heavy atom. The fourth-order valence-corrected chi connectivity index (χ4v) is 8.88. The van der Waals surface area contributed by atoms with Gasteiger partial charge in [-0.15, -0.1) is 0 Å². The van der Waals surface area contributed by atoms with Crippen LogP contribution in [-0.4, -0.2) is 68.5 Å². The lowest BCUT2D eigenvalue weighted by Crippen LogP contribution is -2.46. The molecule has 0 spiro atoms. The fraction of sp³-hybridized carbons (Fsp3) is 0.980. The van der Waals surface area contributed by atoms with E-state index in [2.05, 4.69) is 19.2 Å². The van der Waals surface area contributed by atoms with E-state index >= 15 is 0 Å². The minimum absolute atomic E-state index is 0.0164. The lowest BCUT2D eigenvalue weighted by molar-refractivity contribution is -0.870. The highest BCUT2D eigenvalue weighted by Crippen LogP contribution is 2.38. The highest BCUT2D eigenvalue weighted by Gasteiger charge is 2.24. The van der Waals surface area contributed by atoms with Gasteiger partial charge in [-0.1, -0.05) is 251 Å². The first-order valence-electron chi connectivity index (χ1n) is 26.4. The summed E-state index contributed by atoms with van der Waals surface area (Å²) >= 11 is 0. The SMILES string of the molecule is CCCCCCCCCCCCCCCCCCCCCCCCCC(O)C(COP(=O)([O-])OCC[N+](C)(C)C)NC(=O)CCCCCCCCCCCCCCCCC. The molecule has 2 N–H and O–H groups in total. The molecule has 0 aromatic heterocycles. The van der Waals surface area contributed by atoms with Gasteiger partial charge in [0.15, 0.2) is 0 Å². The molecule has 0 aromatic rings. The number of aliphatic hydroxyl groups is 1. The van der Waals surface area contributed by atoms with Crippen molar-refractivity contribution in [3.8, 4) is 0 Å². The number of carbonyl (C=O) groups is 1. The van der Waals surface area contributed by atoms with Gasteiger partial charge in [0.25, 0.3) is 7.82 Å². The van der Waals surface area contributed by atoms with E-state index in [-0.39, 0.29) is 19.1 Å². The minimum Gasteiger partial charge on any atom is -0.756 e. The summed E-state index contributed by atoms with van der Waals surface area (Å²) in [5.41, 5.74) is 0. The molecule has 0 fully saturated rings. The molecule has 0 saturated carbocycles. The van der Waals surface area contributed by atoms with Crippen molar-refractivity contribution in [1.82, 2.24) is 5.32 Å². The van der Waals surface area contributed by atoms with Crippen LogP contribution in [0.4, 0.5) is 0 Å². The van der Waals surface area contributed by atoms with E-state index in [4.69, 9.17) is 9.05 Å². The third-order valence-electron chi connectivity index (χ3n) is 12.3. The normalized spacial score (nSPS) is 14.1. The molecular weight excluding hydrogens is 768 g/mol. The third kappa shape index (κ3) is 45.5. The van der Waals surface area contributed by atoms with Crippen LogP contribution in [-0.2, 0) is 18.4 Å². The summed E-state index contributed by atoms with van der Waals surface area (Å²) in [4.78, 5) is 25.4. The van der Waals surface area contributed by atoms with Crippen molar-refractivity contribution in [2.75, 3.05) is 40.9 Å². The van der Waals surface area contributed by atoms with E-state index in [1.54, 1.807) is 0 Å². The average Bonchev–Trinajstić information content (AvgIpc) is 3.20. The van der Waals surface area contributed by atoms with Gasteiger partial charge in [0.05, 0.1) is 39.9 Å². The first-order chi connectivity index (χ1) is 29.0. The maximum Gasteiger partial charge on any atom is 0.268 e. The maximum absolute atomic E-state index is 12.9. The van der Waals surface area contributed by atoms with Gasteiger partial charge < -0.3 is 28.8 Å². The second-order valence-electron chi connectivity index (χ2n) is 19.6. The van der Waals surface area contributed by atoms with E-state index in [1.165, 1.54) is 205 Å². The number of unbranched alkanes of at least 4 members (excludes halogenated alkanes) is 36. The number of hydrogen-bond acceptors (Lipinski definition) is 6. The van der Waals surface area contributed by atoms with Crippen LogP contribution in [0.1, 0.15) is 271 Å². The third-order valence-corrected chi connectivity index (χ3v) is 13.3. The van der Waals surface area contributed by atoms with Crippen molar-refractivity contribution in [1.29, 1.82) is 0 Å². The smallest absolute Gasteiger partial charge is 0.268 e. The van der Waals surface area contributed by atoms with Gasteiger partial charge in [0, 0.05) is 6.42 Å². The largest absolute Gasteiger partial charge is 0.756 e. The number of nitrogens with one attached hydrogen (secondary N) is 1. The molecule has 0 heterocycles. The van der Waals surface area contributed by atoms with Gasteiger partial charge in [0.2, 0.25) is 5.91 Å². The number of hydrogen-bond donors (Lipinski definition) is 2. The summed E-state index contributed by atoms with van der Waals surface area (Å²) in [7, 11) is 1.32. The molecule has 0 aliphatic heterocycles. The predicted molar refractivity (Wildman–Crippen MR) is 256 cm³/mol. The van der Waals surface area contributed by atoms with Crippen molar-refractivity contribution < 1.29 is 32.9 Å². The predicted octanol–water partition coefficient (Wildman–Crippen LogP) is 14.7. The zero-order chi connectivity index (χ0) is 44.3. The summed E-state index contributed by atoms with van der Waals surface area (Å²) < 4.78 is 23.4. The minimum atomic E-state index is -4.56. The lowest BCUT2D eigenvalue weighted by Gasteiger charge is -2.30. The van der Waals surface area contributed by atoms with Gasteiger partial charge in [0.1, 0.15) is 13.2 Å². The zero-order valence-electron chi connectivity index (χ0n) is 40.9. The Bertz CT molecular complexity index is 947. The molecule has 0 rings (SSSR count). The van der Waals surface area contributed by atoms with E-state index < -0.39 is 20.0 Å². The molecule has 0 saturated heterocycles. The van der Waals surface area contributed by atoms with Gasteiger partial charge in [-0.25, -0.2) is 0 Å². The van der Waals surface area contributed by atoms with Crippen LogP contribution < -0.4 is 10.2 Å². The first kappa shape index (κ1) is 59.5. The molecule has 8 nitrogen and oxygen atoms in total. The Hall–Kier alpha value is -0.500. The topological polar surface area (TPSA) is 108 Å². The Morgan fingerprint density at radius 3 is 1.13 bits per heavy atom. The van der Waals surface area contributed by atoms with Crippen LogP contribution in [0.15, 0.2) is 0 Å². The number of quaternary nitrogens is 1. The monoisotopic (exact) mass is 873 g/mol. The summed E-state index contributed by atoms with van der Waals surface area (Å²) in [6.45, 7) is 4.76. The molecule has 3 unspecified atom stereocenters. The van der Waals surface area contributed by atoms with Crippen LogP contribution in [0.2, 0.25) is 0 Å². The van der Waals surface area contributed by atoms with Gasteiger partial charge in [-0.2, -0.15) is 0 Å². The average molecular weight is 873 g/mol.